The molecular weight excluding hydrogens is 305 g/mol. The number of benzene rings is 1. The van der Waals surface area contributed by atoms with E-state index in [1.807, 2.05) is 13.8 Å². The highest BCUT2D eigenvalue weighted by Crippen LogP contribution is 2.34. The van der Waals surface area contributed by atoms with Gasteiger partial charge >= 0.3 is 0 Å². The fourth-order valence-electron chi connectivity index (χ4n) is 1.57. The molecule has 0 N–H and O–H groups in total. The standard InChI is InChI=1S/C12H15BrClNO2/c1-4-15(5-2)12(16)8-6-9(13)11(17-3)10(14)7-8/h6-7H,4-5H2,1-3H3. The Morgan fingerprint density at radius 1 is 1.41 bits per heavy atom. The van der Waals surface area contributed by atoms with Gasteiger partial charge in [0.2, 0.25) is 0 Å². The van der Waals surface area contributed by atoms with Gasteiger partial charge < -0.3 is 9.64 Å². The summed E-state index contributed by atoms with van der Waals surface area (Å²) in [5.41, 5.74) is 0.561. The number of methoxy groups -OCH3 is 1. The van der Waals surface area contributed by atoms with Crippen molar-refractivity contribution in [1.29, 1.82) is 0 Å². The normalized spacial score (nSPS) is 10.2. The molecule has 0 spiro atoms. The largest absolute Gasteiger partial charge is 0.494 e. The van der Waals surface area contributed by atoms with Gasteiger partial charge in [0.15, 0.2) is 5.75 Å². The molecule has 0 aliphatic carbocycles. The van der Waals surface area contributed by atoms with Crippen LogP contribution in [0.25, 0.3) is 0 Å². The zero-order chi connectivity index (χ0) is 13.0. The molecule has 0 bridgehead atoms. The van der Waals surface area contributed by atoms with E-state index in [9.17, 15) is 4.79 Å². The summed E-state index contributed by atoms with van der Waals surface area (Å²) in [5, 5.41) is 0.428. The van der Waals surface area contributed by atoms with Crippen LogP contribution in [0.15, 0.2) is 16.6 Å². The Hall–Kier alpha value is -0.740. The predicted molar refractivity (Wildman–Crippen MR) is 73.0 cm³/mol. The van der Waals surface area contributed by atoms with Crippen molar-refractivity contribution in [3.05, 3.63) is 27.2 Å². The first-order chi connectivity index (χ1) is 8.04. The fraction of sp³-hybridized carbons (Fsp3) is 0.417. The summed E-state index contributed by atoms with van der Waals surface area (Å²) < 4.78 is 5.80. The van der Waals surface area contributed by atoms with E-state index in [0.717, 1.165) is 0 Å². The Bertz CT molecular complexity index is 396. The van der Waals surface area contributed by atoms with Crippen molar-refractivity contribution in [1.82, 2.24) is 4.90 Å². The molecule has 5 heteroatoms. The van der Waals surface area contributed by atoms with E-state index in [-0.39, 0.29) is 5.91 Å². The number of ether oxygens (including phenoxy) is 1. The molecule has 3 nitrogen and oxygen atoms in total. The van der Waals surface area contributed by atoms with E-state index in [1.165, 1.54) is 7.11 Å². The quantitative estimate of drug-likeness (QED) is 0.848. The third kappa shape index (κ3) is 3.13. The van der Waals surface area contributed by atoms with Crippen molar-refractivity contribution in [2.75, 3.05) is 20.2 Å². The van der Waals surface area contributed by atoms with E-state index >= 15 is 0 Å². The summed E-state index contributed by atoms with van der Waals surface area (Å²) in [6.07, 6.45) is 0. The number of amides is 1. The van der Waals surface area contributed by atoms with E-state index in [4.69, 9.17) is 16.3 Å². The van der Waals surface area contributed by atoms with Crippen molar-refractivity contribution in [2.24, 2.45) is 0 Å². The van der Waals surface area contributed by atoms with Gasteiger partial charge in [0.1, 0.15) is 0 Å². The lowest BCUT2D eigenvalue weighted by molar-refractivity contribution is 0.0773. The van der Waals surface area contributed by atoms with Crippen molar-refractivity contribution < 1.29 is 9.53 Å². The van der Waals surface area contributed by atoms with E-state index in [1.54, 1.807) is 17.0 Å². The molecule has 1 aromatic carbocycles. The van der Waals surface area contributed by atoms with Crippen LogP contribution in [0, 0.1) is 0 Å². The average Bonchev–Trinajstić information content (AvgIpc) is 2.30. The van der Waals surface area contributed by atoms with Gasteiger partial charge in [-0.3, -0.25) is 4.79 Å². The molecule has 17 heavy (non-hydrogen) atoms. The summed E-state index contributed by atoms with van der Waals surface area (Å²) in [6.45, 7) is 5.25. The zero-order valence-electron chi connectivity index (χ0n) is 10.1. The third-order valence-electron chi connectivity index (χ3n) is 2.50. The van der Waals surface area contributed by atoms with E-state index in [2.05, 4.69) is 15.9 Å². The number of hydrogen-bond donors (Lipinski definition) is 0. The molecule has 1 aromatic rings. The summed E-state index contributed by atoms with van der Waals surface area (Å²) in [6, 6.07) is 3.36. The molecule has 0 radical (unpaired) electrons. The number of carbonyl (C=O) groups is 1. The molecule has 0 aliphatic heterocycles. The highest BCUT2D eigenvalue weighted by Gasteiger charge is 2.16. The summed E-state index contributed by atoms with van der Waals surface area (Å²) >= 11 is 9.38. The molecule has 0 unspecified atom stereocenters. The minimum absolute atomic E-state index is 0.0275. The Morgan fingerprint density at radius 3 is 2.41 bits per heavy atom. The Labute approximate surface area is 115 Å². The van der Waals surface area contributed by atoms with Crippen LogP contribution in [0.5, 0.6) is 5.75 Å². The molecule has 1 amide bonds. The summed E-state index contributed by atoms with van der Waals surface area (Å²) in [5.74, 6) is 0.517. The van der Waals surface area contributed by atoms with E-state index in [0.29, 0.717) is 33.9 Å². The second-order valence-corrected chi connectivity index (χ2v) is 4.71. The molecule has 0 fully saturated rings. The van der Waals surface area contributed by atoms with Crippen molar-refractivity contribution in [3.8, 4) is 5.75 Å². The second kappa shape index (κ2) is 6.26. The van der Waals surface area contributed by atoms with Gasteiger partial charge in [-0.1, -0.05) is 11.6 Å². The second-order valence-electron chi connectivity index (χ2n) is 3.45. The highest BCUT2D eigenvalue weighted by molar-refractivity contribution is 9.10. The maximum atomic E-state index is 12.1. The van der Waals surface area contributed by atoms with Crippen LogP contribution in [-0.2, 0) is 0 Å². The summed E-state index contributed by atoms with van der Waals surface area (Å²) in [7, 11) is 1.54. The lowest BCUT2D eigenvalue weighted by Crippen LogP contribution is -2.30. The summed E-state index contributed by atoms with van der Waals surface area (Å²) in [4.78, 5) is 13.9. The smallest absolute Gasteiger partial charge is 0.253 e. The van der Waals surface area contributed by atoms with Gasteiger partial charge in [-0.25, -0.2) is 0 Å². The van der Waals surface area contributed by atoms with Crippen LogP contribution in [-0.4, -0.2) is 31.0 Å². The van der Waals surface area contributed by atoms with Crippen molar-refractivity contribution in [3.63, 3.8) is 0 Å². The highest BCUT2D eigenvalue weighted by atomic mass is 79.9. The molecule has 0 aliphatic rings. The maximum Gasteiger partial charge on any atom is 0.253 e. The zero-order valence-corrected chi connectivity index (χ0v) is 12.4. The lowest BCUT2D eigenvalue weighted by Gasteiger charge is -2.19. The van der Waals surface area contributed by atoms with Crippen LogP contribution < -0.4 is 4.74 Å². The lowest BCUT2D eigenvalue weighted by atomic mass is 10.2. The van der Waals surface area contributed by atoms with Crippen LogP contribution >= 0.6 is 27.5 Å². The first kappa shape index (κ1) is 14.3. The minimum Gasteiger partial charge on any atom is -0.494 e. The molecule has 94 valence electrons. The molecule has 0 heterocycles. The van der Waals surface area contributed by atoms with Gasteiger partial charge in [0.05, 0.1) is 16.6 Å². The molecule has 0 saturated carbocycles. The van der Waals surface area contributed by atoms with Gasteiger partial charge in [-0.15, -0.1) is 0 Å². The van der Waals surface area contributed by atoms with Crippen molar-refractivity contribution in [2.45, 2.75) is 13.8 Å². The SMILES string of the molecule is CCN(CC)C(=O)c1cc(Cl)c(OC)c(Br)c1. The van der Waals surface area contributed by atoms with Gasteiger partial charge in [-0.05, 0) is 41.9 Å². The number of hydrogen-bond acceptors (Lipinski definition) is 2. The van der Waals surface area contributed by atoms with Crippen LogP contribution in [0.4, 0.5) is 0 Å². The Morgan fingerprint density at radius 2 is 2.00 bits per heavy atom. The van der Waals surface area contributed by atoms with Crippen molar-refractivity contribution >= 4 is 33.4 Å². The molecule has 0 atom stereocenters. The van der Waals surface area contributed by atoms with Crippen LogP contribution in [0.2, 0.25) is 5.02 Å². The Kier molecular flexibility index (Phi) is 5.28. The van der Waals surface area contributed by atoms with E-state index < -0.39 is 0 Å². The van der Waals surface area contributed by atoms with Crippen LogP contribution in [0.3, 0.4) is 0 Å². The average molecular weight is 321 g/mol. The number of rotatable bonds is 4. The molecule has 1 rings (SSSR count). The van der Waals surface area contributed by atoms with Crippen LogP contribution in [0.1, 0.15) is 24.2 Å². The molecule has 0 aromatic heterocycles. The number of carbonyl (C=O) groups excluding carboxylic acids is 1. The first-order valence-electron chi connectivity index (χ1n) is 5.37. The first-order valence-corrected chi connectivity index (χ1v) is 6.54. The van der Waals surface area contributed by atoms with Gasteiger partial charge in [0.25, 0.3) is 5.91 Å². The molecular formula is C12H15BrClNO2. The Balaban J connectivity index is 3.12. The van der Waals surface area contributed by atoms with Gasteiger partial charge in [-0.2, -0.15) is 0 Å². The molecule has 0 saturated heterocycles. The monoisotopic (exact) mass is 319 g/mol. The number of halogens is 2. The topological polar surface area (TPSA) is 29.5 Å². The predicted octanol–water partition coefficient (Wildman–Crippen LogP) is 3.59. The third-order valence-corrected chi connectivity index (χ3v) is 3.37. The van der Waals surface area contributed by atoms with Gasteiger partial charge in [0, 0.05) is 18.7 Å². The maximum absolute atomic E-state index is 12.1. The number of nitrogens with zero attached hydrogens (tertiary/aromatic N) is 1. The minimum atomic E-state index is -0.0275. The fourth-order valence-corrected chi connectivity index (χ4v) is 2.60.